The van der Waals surface area contributed by atoms with E-state index in [4.69, 9.17) is 0 Å². The van der Waals surface area contributed by atoms with Crippen LogP contribution in [0.25, 0.3) is 65.7 Å². The van der Waals surface area contributed by atoms with Gasteiger partial charge < -0.3 is 4.90 Å². The zero-order valence-corrected chi connectivity index (χ0v) is 29.3. The number of hydrogen-bond acceptors (Lipinski definition) is 1. The second kappa shape index (κ2) is 11.8. The second-order valence-electron chi connectivity index (χ2n) is 14.6. The average Bonchev–Trinajstić information content (AvgIpc) is 3.43. The maximum Gasteiger partial charge on any atom is 0.0468 e. The smallest absolute Gasteiger partial charge is 0.0468 e. The lowest BCUT2D eigenvalue weighted by atomic mass is 9.82. The van der Waals surface area contributed by atoms with Gasteiger partial charge in [0.05, 0.1) is 0 Å². The minimum absolute atomic E-state index is 0.0376. The molecule has 1 aliphatic carbocycles. The Hall–Kier alpha value is -6.44. The van der Waals surface area contributed by atoms with Gasteiger partial charge in [-0.15, -0.1) is 0 Å². The molecule has 1 nitrogen and oxygen atoms in total. The van der Waals surface area contributed by atoms with E-state index in [9.17, 15) is 0 Å². The fraction of sp³-hybridized carbons (Fsp3) is 0.0588. The second-order valence-corrected chi connectivity index (χ2v) is 14.6. The number of benzene rings is 9. The van der Waals surface area contributed by atoms with E-state index in [1.54, 1.807) is 0 Å². The van der Waals surface area contributed by atoms with E-state index in [1.165, 1.54) is 76.8 Å². The van der Waals surface area contributed by atoms with E-state index in [2.05, 4.69) is 207 Å². The van der Waals surface area contributed by atoms with Crippen molar-refractivity contribution in [2.75, 3.05) is 4.90 Å². The molecule has 0 aliphatic heterocycles. The molecule has 9 aromatic carbocycles. The summed E-state index contributed by atoms with van der Waals surface area (Å²) < 4.78 is 0. The number of nitrogens with zero attached hydrogens (tertiary/aromatic N) is 1. The molecular formula is C51H37N. The third-order valence-electron chi connectivity index (χ3n) is 11.2. The van der Waals surface area contributed by atoms with Gasteiger partial charge in [-0.2, -0.15) is 0 Å². The Bertz CT molecular complexity index is 2810. The van der Waals surface area contributed by atoms with Gasteiger partial charge in [0.25, 0.3) is 0 Å². The molecule has 52 heavy (non-hydrogen) atoms. The number of rotatable bonds is 5. The van der Waals surface area contributed by atoms with Crippen molar-refractivity contribution in [2.45, 2.75) is 19.3 Å². The van der Waals surface area contributed by atoms with Gasteiger partial charge in [-0.25, -0.2) is 0 Å². The number of fused-ring (bicyclic) bond motifs is 8. The molecule has 9 aromatic rings. The predicted molar refractivity (Wildman–Crippen MR) is 222 cm³/mol. The highest BCUT2D eigenvalue weighted by Crippen LogP contribution is 2.50. The van der Waals surface area contributed by atoms with Gasteiger partial charge in [0.15, 0.2) is 0 Å². The van der Waals surface area contributed by atoms with Crippen LogP contribution in [0.4, 0.5) is 17.1 Å². The lowest BCUT2D eigenvalue weighted by Crippen LogP contribution is -2.15. The fourth-order valence-electron chi connectivity index (χ4n) is 8.56. The largest absolute Gasteiger partial charge is 0.310 e. The zero-order chi connectivity index (χ0) is 34.8. The molecule has 0 heterocycles. The van der Waals surface area contributed by atoms with Crippen LogP contribution >= 0.6 is 0 Å². The standard InChI is InChI=1S/C51H37N/c1-51(2)49-18-9-8-17-47(49)48-33-42(26-30-50(48)51)52(41-15-10-14-37(32-41)34-11-4-3-5-12-34)40-24-19-35(20-25-40)38-22-27-44-39(31-38)23-29-45-43-16-7-6-13-36(43)21-28-46(44)45/h3-33H,1-2H3. The molecule has 0 unspecified atom stereocenters. The molecule has 246 valence electrons. The van der Waals surface area contributed by atoms with Crippen LogP contribution in [0.2, 0.25) is 0 Å². The molecule has 0 fully saturated rings. The van der Waals surface area contributed by atoms with Gasteiger partial charge >= 0.3 is 0 Å². The Morgan fingerprint density at radius 3 is 1.75 bits per heavy atom. The first-order valence-electron chi connectivity index (χ1n) is 18.2. The molecule has 0 amide bonds. The van der Waals surface area contributed by atoms with Crippen molar-refractivity contribution in [3.63, 3.8) is 0 Å². The van der Waals surface area contributed by atoms with Crippen molar-refractivity contribution in [3.8, 4) is 33.4 Å². The highest BCUT2D eigenvalue weighted by molar-refractivity contribution is 6.17. The van der Waals surface area contributed by atoms with Crippen molar-refractivity contribution in [1.82, 2.24) is 0 Å². The molecule has 0 spiro atoms. The summed E-state index contributed by atoms with van der Waals surface area (Å²) in [7, 11) is 0. The molecule has 0 bridgehead atoms. The fourth-order valence-corrected chi connectivity index (χ4v) is 8.56. The van der Waals surface area contributed by atoms with Crippen LogP contribution in [0.3, 0.4) is 0 Å². The van der Waals surface area contributed by atoms with Gasteiger partial charge in [-0.05, 0) is 119 Å². The van der Waals surface area contributed by atoms with Crippen molar-refractivity contribution in [3.05, 3.63) is 199 Å². The Morgan fingerprint density at radius 1 is 0.327 bits per heavy atom. The van der Waals surface area contributed by atoms with E-state index in [-0.39, 0.29) is 5.41 Å². The molecule has 1 aliphatic rings. The third kappa shape index (κ3) is 4.85. The molecule has 0 saturated carbocycles. The summed E-state index contributed by atoms with van der Waals surface area (Å²) >= 11 is 0. The van der Waals surface area contributed by atoms with E-state index in [1.807, 2.05) is 0 Å². The summed E-state index contributed by atoms with van der Waals surface area (Å²) in [4.78, 5) is 2.40. The normalized spacial score (nSPS) is 13.0. The molecule has 0 radical (unpaired) electrons. The third-order valence-corrected chi connectivity index (χ3v) is 11.2. The first-order chi connectivity index (χ1) is 25.5. The van der Waals surface area contributed by atoms with Crippen LogP contribution in [-0.2, 0) is 5.41 Å². The van der Waals surface area contributed by atoms with Crippen molar-refractivity contribution < 1.29 is 0 Å². The summed E-state index contributed by atoms with van der Waals surface area (Å²) in [5.41, 5.74) is 13.6. The van der Waals surface area contributed by atoms with Crippen LogP contribution in [0.1, 0.15) is 25.0 Å². The average molecular weight is 664 g/mol. The van der Waals surface area contributed by atoms with Gasteiger partial charge in [0.2, 0.25) is 0 Å². The Labute approximate surface area is 305 Å². The van der Waals surface area contributed by atoms with Gasteiger partial charge in [-0.3, -0.25) is 0 Å². The number of hydrogen-bond donors (Lipinski definition) is 0. The van der Waals surface area contributed by atoms with Crippen LogP contribution in [0.15, 0.2) is 188 Å². The Kier molecular flexibility index (Phi) is 6.91. The summed E-state index contributed by atoms with van der Waals surface area (Å²) in [6.07, 6.45) is 0. The minimum Gasteiger partial charge on any atom is -0.310 e. The zero-order valence-electron chi connectivity index (χ0n) is 29.3. The molecule has 0 aromatic heterocycles. The molecule has 0 atom stereocenters. The Morgan fingerprint density at radius 2 is 0.904 bits per heavy atom. The molecule has 1 heteroatoms. The first kappa shape index (κ1) is 30.4. The topological polar surface area (TPSA) is 3.24 Å². The summed E-state index contributed by atoms with van der Waals surface area (Å²) in [5, 5.41) is 7.72. The van der Waals surface area contributed by atoms with E-state index < -0.39 is 0 Å². The van der Waals surface area contributed by atoms with Crippen molar-refractivity contribution in [2.24, 2.45) is 0 Å². The lowest BCUT2D eigenvalue weighted by molar-refractivity contribution is 0.660. The molecule has 0 saturated heterocycles. The van der Waals surface area contributed by atoms with Gasteiger partial charge in [0.1, 0.15) is 0 Å². The quantitative estimate of drug-likeness (QED) is 0.166. The summed E-state index contributed by atoms with van der Waals surface area (Å²) in [6, 6.07) is 69.2. The summed E-state index contributed by atoms with van der Waals surface area (Å²) in [5.74, 6) is 0. The van der Waals surface area contributed by atoms with Crippen molar-refractivity contribution in [1.29, 1.82) is 0 Å². The molecule has 0 N–H and O–H groups in total. The van der Waals surface area contributed by atoms with E-state index in [0.29, 0.717) is 0 Å². The maximum atomic E-state index is 2.40. The van der Waals surface area contributed by atoms with E-state index in [0.717, 1.165) is 17.1 Å². The molecular weight excluding hydrogens is 627 g/mol. The Balaban J connectivity index is 1.07. The van der Waals surface area contributed by atoms with Crippen molar-refractivity contribution >= 4 is 49.4 Å². The van der Waals surface area contributed by atoms with Crippen LogP contribution in [0, 0.1) is 0 Å². The van der Waals surface area contributed by atoms with Gasteiger partial charge in [0, 0.05) is 22.5 Å². The minimum atomic E-state index is -0.0376. The van der Waals surface area contributed by atoms with Crippen LogP contribution < -0.4 is 4.90 Å². The molecule has 10 rings (SSSR count). The summed E-state index contributed by atoms with van der Waals surface area (Å²) in [6.45, 7) is 4.68. The number of anilines is 3. The van der Waals surface area contributed by atoms with Gasteiger partial charge in [-0.1, -0.05) is 159 Å². The highest BCUT2D eigenvalue weighted by Gasteiger charge is 2.35. The van der Waals surface area contributed by atoms with Crippen LogP contribution in [-0.4, -0.2) is 0 Å². The predicted octanol–water partition coefficient (Wildman–Crippen LogP) is 14.3. The monoisotopic (exact) mass is 663 g/mol. The van der Waals surface area contributed by atoms with Crippen LogP contribution in [0.5, 0.6) is 0 Å². The van der Waals surface area contributed by atoms with E-state index >= 15 is 0 Å². The first-order valence-corrected chi connectivity index (χ1v) is 18.2. The maximum absolute atomic E-state index is 2.40. The highest BCUT2D eigenvalue weighted by atomic mass is 15.1. The SMILES string of the molecule is CC1(C)c2ccccc2-c2cc(N(c3ccc(-c4ccc5c(ccc6c7ccccc7ccc56)c4)cc3)c3cccc(-c4ccccc4)c3)ccc21. The lowest BCUT2D eigenvalue weighted by Gasteiger charge is -2.28.